The lowest BCUT2D eigenvalue weighted by Gasteiger charge is -2.11. The predicted molar refractivity (Wildman–Crippen MR) is 106 cm³/mol. The number of amides is 2. The van der Waals surface area contributed by atoms with Gasteiger partial charge in [0.25, 0.3) is 5.91 Å². The van der Waals surface area contributed by atoms with Crippen LogP contribution in [-0.4, -0.2) is 32.4 Å². The lowest BCUT2D eigenvalue weighted by Crippen LogP contribution is -2.31. The summed E-state index contributed by atoms with van der Waals surface area (Å²) in [6.45, 7) is 3.83. The molecule has 0 aliphatic carbocycles. The average Bonchev–Trinajstić information content (AvgIpc) is 3.09. The lowest BCUT2D eigenvalue weighted by molar-refractivity contribution is -0.119. The van der Waals surface area contributed by atoms with E-state index in [-0.39, 0.29) is 23.6 Å². The Balaban J connectivity index is 1.75. The fourth-order valence-corrected chi connectivity index (χ4v) is 3.79. The number of benzene rings is 2. The van der Waals surface area contributed by atoms with E-state index >= 15 is 0 Å². The average molecular weight is 387 g/mol. The molecule has 3 aromatic rings. The third-order valence-corrected chi connectivity index (χ3v) is 5.09. The van der Waals surface area contributed by atoms with Crippen molar-refractivity contribution >= 4 is 52.0 Å². The molecule has 2 N–H and O–H groups in total. The fraction of sp³-hybridized carbons (Fsp3) is 0.222. The van der Waals surface area contributed by atoms with E-state index in [0.29, 0.717) is 16.8 Å². The van der Waals surface area contributed by atoms with Crippen LogP contribution in [-0.2, 0) is 4.79 Å². The van der Waals surface area contributed by atoms with Crippen LogP contribution in [0.5, 0.6) is 0 Å². The molecule has 0 radical (unpaired) electrons. The molecule has 6 nitrogen and oxygen atoms in total. The molecule has 8 heteroatoms. The van der Waals surface area contributed by atoms with Crippen molar-refractivity contribution in [2.24, 2.45) is 0 Å². The van der Waals surface area contributed by atoms with Gasteiger partial charge in [-0.05, 0) is 38.1 Å². The summed E-state index contributed by atoms with van der Waals surface area (Å²) in [6, 6.07) is 12.8. The number of aromatic nitrogens is 2. The van der Waals surface area contributed by atoms with Gasteiger partial charge < -0.3 is 10.6 Å². The summed E-state index contributed by atoms with van der Waals surface area (Å²) in [6.07, 6.45) is 0. The maximum Gasteiger partial charge on any atom is 0.256 e. The molecule has 1 aromatic heterocycles. The highest BCUT2D eigenvalue weighted by Gasteiger charge is 2.15. The zero-order valence-corrected chi connectivity index (χ0v) is 16.0. The first-order valence-electron chi connectivity index (χ1n) is 8.08. The monoisotopic (exact) mass is 386 g/mol. The van der Waals surface area contributed by atoms with Crippen molar-refractivity contribution in [3.8, 4) is 0 Å². The second-order valence-electron chi connectivity index (χ2n) is 5.90. The summed E-state index contributed by atoms with van der Waals surface area (Å²) in [5.74, 6) is -0.0370. The SMILES string of the molecule is CC(C)NC(=O)CSc1ccccc1C(=O)Nc1cccc2nsnc12. The Morgan fingerprint density at radius 2 is 1.92 bits per heavy atom. The smallest absolute Gasteiger partial charge is 0.256 e. The van der Waals surface area contributed by atoms with E-state index < -0.39 is 0 Å². The maximum absolute atomic E-state index is 12.8. The number of carbonyl (C=O) groups excluding carboxylic acids is 2. The van der Waals surface area contributed by atoms with Gasteiger partial charge in [-0.1, -0.05) is 18.2 Å². The van der Waals surface area contributed by atoms with Gasteiger partial charge in [0.1, 0.15) is 11.0 Å². The van der Waals surface area contributed by atoms with Gasteiger partial charge in [-0.3, -0.25) is 9.59 Å². The number of hydrogen-bond acceptors (Lipinski definition) is 6. The van der Waals surface area contributed by atoms with Crippen LogP contribution in [0.25, 0.3) is 11.0 Å². The van der Waals surface area contributed by atoms with Crippen LogP contribution in [0.4, 0.5) is 5.69 Å². The molecule has 0 fully saturated rings. The van der Waals surface area contributed by atoms with Crippen molar-refractivity contribution in [2.45, 2.75) is 24.8 Å². The molecule has 0 aliphatic heterocycles. The Kier molecular flexibility index (Phi) is 5.85. The van der Waals surface area contributed by atoms with Crippen LogP contribution in [0, 0.1) is 0 Å². The molecule has 3 rings (SSSR count). The molecule has 1 heterocycles. The Morgan fingerprint density at radius 3 is 2.73 bits per heavy atom. The highest BCUT2D eigenvalue weighted by atomic mass is 32.2. The van der Waals surface area contributed by atoms with Gasteiger partial charge in [-0.15, -0.1) is 11.8 Å². The second kappa shape index (κ2) is 8.29. The Labute approximate surface area is 159 Å². The maximum atomic E-state index is 12.8. The molecule has 134 valence electrons. The van der Waals surface area contributed by atoms with Gasteiger partial charge in [0.15, 0.2) is 0 Å². The molecule has 0 bridgehead atoms. The first kappa shape index (κ1) is 18.3. The van der Waals surface area contributed by atoms with Crippen LogP contribution in [0.1, 0.15) is 24.2 Å². The van der Waals surface area contributed by atoms with Gasteiger partial charge in [-0.25, -0.2) is 0 Å². The van der Waals surface area contributed by atoms with E-state index in [2.05, 4.69) is 19.4 Å². The van der Waals surface area contributed by atoms with E-state index in [9.17, 15) is 9.59 Å². The molecule has 0 aliphatic rings. The number of thioether (sulfide) groups is 1. The lowest BCUT2D eigenvalue weighted by atomic mass is 10.2. The van der Waals surface area contributed by atoms with Crippen LogP contribution in [0.15, 0.2) is 47.4 Å². The van der Waals surface area contributed by atoms with Crippen LogP contribution in [0.3, 0.4) is 0 Å². The van der Waals surface area contributed by atoms with Crippen molar-refractivity contribution in [2.75, 3.05) is 11.1 Å². The van der Waals surface area contributed by atoms with E-state index in [1.807, 2.05) is 38.1 Å². The topological polar surface area (TPSA) is 84.0 Å². The van der Waals surface area contributed by atoms with Gasteiger partial charge in [0.2, 0.25) is 5.91 Å². The number of anilines is 1. The standard InChI is InChI=1S/C18H18N4O2S2/c1-11(2)19-16(23)10-25-15-9-4-3-6-12(15)18(24)20-13-7-5-8-14-17(13)22-26-21-14/h3-9,11H,10H2,1-2H3,(H,19,23)(H,20,24). The fourth-order valence-electron chi connectivity index (χ4n) is 2.38. The summed E-state index contributed by atoms with van der Waals surface area (Å²) in [7, 11) is 0. The molecule has 0 unspecified atom stereocenters. The highest BCUT2D eigenvalue weighted by molar-refractivity contribution is 8.00. The second-order valence-corrected chi connectivity index (χ2v) is 7.44. The summed E-state index contributed by atoms with van der Waals surface area (Å²) < 4.78 is 8.41. The Bertz CT molecular complexity index is 940. The normalized spacial score (nSPS) is 10.9. The largest absolute Gasteiger partial charge is 0.353 e. The summed E-state index contributed by atoms with van der Waals surface area (Å²) in [5.41, 5.74) is 2.57. The van der Waals surface area contributed by atoms with Crippen LogP contribution < -0.4 is 10.6 Å². The van der Waals surface area contributed by atoms with Gasteiger partial charge in [0.05, 0.1) is 28.7 Å². The van der Waals surface area contributed by atoms with E-state index in [0.717, 1.165) is 22.1 Å². The van der Waals surface area contributed by atoms with E-state index in [1.54, 1.807) is 18.2 Å². The number of carbonyl (C=O) groups is 2. The molecule has 2 amide bonds. The summed E-state index contributed by atoms with van der Waals surface area (Å²) in [5, 5.41) is 5.74. The third-order valence-electron chi connectivity index (χ3n) is 3.47. The van der Waals surface area contributed by atoms with Crippen molar-refractivity contribution in [1.82, 2.24) is 14.1 Å². The minimum Gasteiger partial charge on any atom is -0.353 e. The minimum absolute atomic E-state index is 0.0569. The third kappa shape index (κ3) is 4.39. The van der Waals surface area contributed by atoms with Gasteiger partial charge >= 0.3 is 0 Å². The molecular formula is C18H18N4O2S2. The highest BCUT2D eigenvalue weighted by Crippen LogP contribution is 2.25. The van der Waals surface area contributed by atoms with Crippen molar-refractivity contribution in [3.05, 3.63) is 48.0 Å². The number of rotatable bonds is 6. The van der Waals surface area contributed by atoms with E-state index in [4.69, 9.17) is 0 Å². The summed E-state index contributed by atoms with van der Waals surface area (Å²) >= 11 is 2.45. The first-order valence-corrected chi connectivity index (χ1v) is 9.80. The van der Waals surface area contributed by atoms with E-state index in [1.165, 1.54) is 11.8 Å². The number of nitrogens with zero attached hydrogens (tertiary/aromatic N) is 2. The van der Waals surface area contributed by atoms with Crippen molar-refractivity contribution in [3.63, 3.8) is 0 Å². The van der Waals surface area contributed by atoms with Crippen molar-refractivity contribution < 1.29 is 9.59 Å². The molecule has 0 saturated heterocycles. The quantitative estimate of drug-likeness (QED) is 0.633. The number of nitrogens with one attached hydrogen (secondary N) is 2. The van der Waals surface area contributed by atoms with Crippen LogP contribution >= 0.6 is 23.5 Å². The van der Waals surface area contributed by atoms with Crippen molar-refractivity contribution in [1.29, 1.82) is 0 Å². The zero-order chi connectivity index (χ0) is 18.5. The Morgan fingerprint density at radius 1 is 1.12 bits per heavy atom. The molecule has 0 saturated carbocycles. The minimum atomic E-state index is -0.238. The molecule has 0 spiro atoms. The molecule has 26 heavy (non-hydrogen) atoms. The molecule has 2 aromatic carbocycles. The first-order chi connectivity index (χ1) is 12.5. The number of fused-ring (bicyclic) bond motifs is 1. The summed E-state index contributed by atoms with van der Waals surface area (Å²) in [4.78, 5) is 25.4. The van der Waals surface area contributed by atoms with Crippen LogP contribution in [0.2, 0.25) is 0 Å². The van der Waals surface area contributed by atoms with Gasteiger partial charge in [0, 0.05) is 10.9 Å². The molecular weight excluding hydrogens is 368 g/mol. The molecule has 0 atom stereocenters. The van der Waals surface area contributed by atoms with Gasteiger partial charge in [-0.2, -0.15) is 8.75 Å². The Hall–Kier alpha value is -2.45. The number of hydrogen-bond donors (Lipinski definition) is 2. The zero-order valence-electron chi connectivity index (χ0n) is 14.4. The predicted octanol–water partition coefficient (Wildman–Crippen LogP) is 3.56.